The van der Waals surface area contributed by atoms with Gasteiger partial charge in [0.15, 0.2) is 0 Å². The molecular formula is C13H20BrN3. The van der Waals surface area contributed by atoms with Crippen LogP contribution in [0.5, 0.6) is 0 Å². The van der Waals surface area contributed by atoms with E-state index in [1.54, 1.807) is 0 Å². The van der Waals surface area contributed by atoms with Gasteiger partial charge in [0.25, 0.3) is 0 Å². The van der Waals surface area contributed by atoms with E-state index in [1.807, 2.05) is 6.92 Å². The Balaban J connectivity index is 2.00. The van der Waals surface area contributed by atoms with Crippen LogP contribution in [0.3, 0.4) is 0 Å². The van der Waals surface area contributed by atoms with Crippen LogP contribution in [-0.4, -0.2) is 15.8 Å². The molecular weight excluding hydrogens is 278 g/mol. The Hall–Kier alpha value is -0.610. The molecule has 1 aromatic rings. The minimum atomic E-state index is 0.618. The van der Waals surface area contributed by atoms with Crippen molar-refractivity contribution >= 4 is 15.9 Å². The van der Waals surface area contributed by atoms with Crippen molar-refractivity contribution in [2.24, 2.45) is 0 Å². The molecule has 17 heavy (non-hydrogen) atoms. The summed E-state index contributed by atoms with van der Waals surface area (Å²) in [4.78, 5) is 0. The summed E-state index contributed by atoms with van der Waals surface area (Å²) < 4.78 is 3.23. The fraction of sp³-hybridized carbons (Fsp3) is 0.615. The fourth-order valence-corrected chi connectivity index (χ4v) is 2.68. The molecule has 1 atom stereocenters. The molecule has 4 heteroatoms. The summed E-state index contributed by atoms with van der Waals surface area (Å²) in [5.41, 5.74) is 2.34. The van der Waals surface area contributed by atoms with E-state index in [4.69, 9.17) is 0 Å². The minimum Gasteiger partial charge on any atom is -0.308 e. The molecule has 1 aromatic heterocycles. The highest BCUT2D eigenvalue weighted by molar-refractivity contribution is 9.10. The first-order chi connectivity index (χ1) is 8.22. The van der Waals surface area contributed by atoms with Crippen LogP contribution in [0.15, 0.2) is 16.6 Å². The number of halogens is 1. The smallest absolute Gasteiger partial charge is 0.0739 e. The van der Waals surface area contributed by atoms with Crippen molar-refractivity contribution in [1.29, 1.82) is 0 Å². The second kappa shape index (κ2) is 5.83. The molecule has 0 saturated heterocycles. The molecule has 1 unspecified atom stereocenters. The van der Waals surface area contributed by atoms with Crippen LogP contribution >= 0.6 is 15.9 Å². The van der Waals surface area contributed by atoms with Crippen molar-refractivity contribution in [2.75, 3.05) is 0 Å². The first-order valence-electron chi connectivity index (χ1n) is 6.32. The SMILES string of the molecule is CCn1nc(C)c(Br)c1CNC1CC=CCC1. The van der Waals surface area contributed by atoms with Gasteiger partial charge in [0.1, 0.15) is 0 Å². The van der Waals surface area contributed by atoms with Gasteiger partial charge in [-0.2, -0.15) is 5.10 Å². The van der Waals surface area contributed by atoms with Gasteiger partial charge in [-0.1, -0.05) is 12.2 Å². The van der Waals surface area contributed by atoms with Crippen LogP contribution in [-0.2, 0) is 13.1 Å². The molecule has 0 aromatic carbocycles. The highest BCUT2D eigenvalue weighted by Gasteiger charge is 2.14. The lowest BCUT2D eigenvalue weighted by Gasteiger charge is -2.19. The maximum absolute atomic E-state index is 4.51. The number of nitrogens with one attached hydrogen (secondary N) is 1. The summed E-state index contributed by atoms with van der Waals surface area (Å²) >= 11 is 3.63. The van der Waals surface area contributed by atoms with Crippen molar-refractivity contribution in [3.05, 3.63) is 28.0 Å². The van der Waals surface area contributed by atoms with Gasteiger partial charge in [0.2, 0.25) is 0 Å². The molecule has 0 amide bonds. The van der Waals surface area contributed by atoms with Gasteiger partial charge < -0.3 is 5.32 Å². The Labute approximate surface area is 111 Å². The van der Waals surface area contributed by atoms with Crippen molar-refractivity contribution in [3.63, 3.8) is 0 Å². The molecule has 0 bridgehead atoms. The van der Waals surface area contributed by atoms with Crippen molar-refractivity contribution < 1.29 is 0 Å². The van der Waals surface area contributed by atoms with Crippen LogP contribution in [0, 0.1) is 6.92 Å². The van der Waals surface area contributed by atoms with Crippen molar-refractivity contribution in [1.82, 2.24) is 15.1 Å². The molecule has 1 aliphatic carbocycles. The average molecular weight is 298 g/mol. The molecule has 0 fully saturated rings. The second-order valence-corrected chi connectivity index (χ2v) is 5.32. The summed E-state index contributed by atoms with van der Waals surface area (Å²) in [5.74, 6) is 0. The second-order valence-electron chi connectivity index (χ2n) is 4.52. The molecule has 3 nitrogen and oxygen atoms in total. The van der Waals surface area contributed by atoms with E-state index in [0.717, 1.165) is 29.7 Å². The third-order valence-corrected chi connectivity index (χ3v) is 4.31. The van der Waals surface area contributed by atoms with Gasteiger partial charge in [-0.25, -0.2) is 0 Å². The zero-order valence-electron chi connectivity index (χ0n) is 10.5. The van der Waals surface area contributed by atoms with Gasteiger partial charge in [-0.05, 0) is 49.0 Å². The summed E-state index contributed by atoms with van der Waals surface area (Å²) in [5, 5.41) is 8.13. The normalized spacial score (nSPS) is 19.8. The van der Waals surface area contributed by atoms with E-state index in [1.165, 1.54) is 18.5 Å². The highest BCUT2D eigenvalue weighted by atomic mass is 79.9. The molecule has 1 heterocycles. The number of rotatable bonds is 4. The molecule has 0 radical (unpaired) electrons. The minimum absolute atomic E-state index is 0.618. The quantitative estimate of drug-likeness (QED) is 0.865. The highest BCUT2D eigenvalue weighted by Crippen LogP contribution is 2.21. The maximum Gasteiger partial charge on any atom is 0.0739 e. The molecule has 1 aliphatic rings. The predicted octanol–water partition coefficient (Wildman–Crippen LogP) is 3.17. The molecule has 1 N–H and O–H groups in total. The van der Waals surface area contributed by atoms with Gasteiger partial charge in [-0.3, -0.25) is 4.68 Å². The van der Waals surface area contributed by atoms with Gasteiger partial charge in [0.05, 0.1) is 15.9 Å². The summed E-state index contributed by atoms with van der Waals surface area (Å²) in [6.07, 6.45) is 8.14. The lowest BCUT2D eigenvalue weighted by atomic mass is 10.0. The Bertz CT molecular complexity index is 409. The predicted molar refractivity (Wildman–Crippen MR) is 74.0 cm³/mol. The topological polar surface area (TPSA) is 29.9 Å². The molecule has 94 valence electrons. The number of aromatic nitrogens is 2. The zero-order valence-corrected chi connectivity index (χ0v) is 12.1. The van der Waals surface area contributed by atoms with Gasteiger partial charge in [-0.15, -0.1) is 0 Å². The maximum atomic E-state index is 4.51. The van der Waals surface area contributed by atoms with Crippen LogP contribution in [0.25, 0.3) is 0 Å². The summed E-state index contributed by atoms with van der Waals surface area (Å²) in [7, 11) is 0. The van der Waals surface area contributed by atoms with Crippen LogP contribution < -0.4 is 5.32 Å². The lowest BCUT2D eigenvalue weighted by molar-refractivity contribution is 0.459. The van der Waals surface area contributed by atoms with Crippen molar-refractivity contribution in [2.45, 2.75) is 52.2 Å². The molecule has 0 saturated carbocycles. The first-order valence-corrected chi connectivity index (χ1v) is 7.11. The third kappa shape index (κ3) is 2.99. The van der Waals surface area contributed by atoms with Gasteiger partial charge >= 0.3 is 0 Å². The van der Waals surface area contributed by atoms with E-state index < -0.39 is 0 Å². The number of hydrogen-bond acceptors (Lipinski definition) is 2. The Morgan fingerprint density at radius 1 is 1.53 bits per heavy atom. The monoisotopic (exact) mass is 297 g/mol. The number of hydrogen-bond donors (Lipinski definition) is 1. The zero-order chi connectivity index (χ0) is 12.3. The molecule has 0 aliphatic heterocycles. The number of nitrogens with zero attached hydrogens (tertiary/aromatic N) is 2. The largest absolute Gasteiger partial charge is 0.308 e. The van der Waals surface area contributed by atoms with Crippen molar-refractivity contribution in [3.8, 4) is 0 Å². The Morgan fingerprint density at radius 3 is 3.00 bits per heavy atom. The average Bonchev–Trinajstić information content (AvgIpc) is 2.64. The molecule has 2 rings (SSSR count). The third-order valence-electron chi connectivity index (χ3n) is 3.28. The number of aryl methyl sites for hydroxylation is 2. The standard InChI is InChI=1S/C13H20BrN3/c1-3-17-12(13(14)10(2)16-17)9-15-11-7-5-4-6-8-11/h4-5,11,15H,3,6-9H2,1-2H3. The summed E-state index contributed by atoms with van der Waals surface area (Å²) in [6.45, 7) is 6.00. The van der Waals surface area contributed by atoms with E-state index in [0.29, 0.717) is 6.04 Å². The first kappa shape index (κ1) is 12.8. The number of allylic oxidation sites excluding steroid dienone is 1. The Kier molecular flexibility index (Phi) is 4.40. The van der Waals surface area contributed by atoms with E-state index in [9.17, 15) is 0 Å². The van der Waals surface area contributed by atoms with E-state index >= 15 is 0 Å². The Morgan fingerprint density at radius 2 is 2.35 bits per heavy atom. The van der Waals surface area contributed by atoms with Gasteiger partial charge in [0, 0.05) is 19.1 Å². The van der Waals surface area contributed by atoms with E-state index in [2.05, 4.69) is 50.1 Å². The summed E-state index contributed by atoms with van der Waals surface area (Å²) in [6, 6.07) is 0.618. The molecule has 0 spiro atoms. The fourth-order valence-electron chi connectivity index (χ4n) is 2.26. The van der Waals surface area contributed by atoms with Crippen LogP contribution in [0.4, 0.5) is 0 Å². The van der Waals surface area contributed by atoms with E-state index in [-0.39, 0.29) is 0 Å². The van der Waals surface area contributed by atoms with Crippen LogP contribution in [0.2, 0.25) is 0 Å². The lowest BCUT2D eigenvalue weighted by Crippen LogP contribution is -2.30. The van der Waals surface area contributed by atoms with Crippen LogP contribution in [0.1, 0.15) is 37.6 Å².